The van der Waals surface area contributed by atoms with E-state index >= 15 is 0 Å². The minimum absolute atomic E-state index is 0. The maximum absolute atomic E-state index is 12.3. The van der Waals surface area contributed by atoms with Crippen molar-refractivity contribution in [2.45, 2.75) is 25.1 Å². The summed E-state index contributed by atoms with van der Waals surface area (Å²) in [4.78, 5) is 19.9. The second-order valence-electron chi connectivity index (χ2n) is 6.75. The number of hydrogen-bond donors (Lipinski definition) is 3. The molecule has 1 aliphatic heterocycles. The number of halogens is 4. The second-order valence-corrected chi connectivity index (χ2v) is 6.75. The standard InChI is InChI=1S/C20H22F3N5O2.HI/c1-24-19(26-10-13-6-7-25-18(8-13)30-12-20(21,22)23)27-11-14-9-17(29)28-16-5-3-2-4-15(14)16;/h2-8,14H,9-12H2,1H3,(H,28,29)(H2,24,26,27);1H. The Morgan fingerprint density at radius 1 is 1.29 bits per heavy atom. The van der Waals surface area contributed by atoms with Crippen molar-refractivity contribution in [1.82, 2.24) is 15.6 Å². The lowest BCUT2D eigenvalue weighted by Crippen LogP contribution is -2.40. The second kappa shape index (κ2) is 11.2. The Hall–Kier alpha value is -2.57. The smallest absolute Gasteiger partial charge is 0.422 e. The van der Waals surface area contributed by atoms with Gasteiger partial charge in [-0.2, -0.15) is 13.2 Å². The number of benzene rings is 1. The van der Waals surface area contributed by atoms with Crippen LogP contribution in [-0.4, -0.2) is 43.2 Å². The Labute approximate surface area is 194 Å². The third-order valence-electron chi connectivity index (χ3n) is 4.49. The van der Waals surface area contributed by atoms with Crippen LogP contribution in [0, 0.1) is 0 Å². The van der Waals surface area contributed by atoms with Gasteiger partial charge in [-0.25, -0.2) is 4.98 Å². The quantitative estimate of drug-likeness (QED) is 0.292. The fourth-order valence-electron chi connectivity index (χ4n) is 3.11. The number of amides is 1. The van der Waals surface area contributed by atoms with Crippen LogP contribution in [-0.2, 0) is 11.3 Å². The molecule has 11 heteroatoms. The SMILES string of the molecule is CN=C(NCc1ccnc(OCC(F)(F)F)c1)NCC1CC(=O)Nc2ccccc21.I. The van der Waals surface area contributed by atoms with Gasteiger partial charge < -0.3 is 20.7 Å². The summed E-state index contributed by atoms with van der Waals surface area (Å²) in [5, 5.41) is 9.15. The number of rotatable bonds is 6. The van der Waals surface area contributed by atoms with E-state index in [1.54, 1.807) is 13.1 Å². The number of fused-ring (bicyclic) bond motifs is 1. The number of guanidine groups is 1. The largest absolute Gasteiger partial charge is 0.468 e. The number of alkyl halides is 3. The Kier molecular flexibility index (Phi) is 8.89. The molecule has 168 valence electrons. The Morgan fingerprint density at radius 2 is 2.06 bits per heavy atom. The Balaban J connectivity index is 0.00000341. The topological polar surface area (TPSA) is 87.6 Å². The molecule has 0 bridgehead atoms. The minimum Gasteiger partial charge on any atom is -0.468 e. The molecule has 0 spiro atoms. The molecule has 1 unspecified atom stereocenters. The zero-order chi connectivity index (χ0) is 21.6. The van der Waals surface area contributed by atoms with E-state index < -0.39 is 12.8 Å². The lowest BCUT2D eigenvalue weighted by atomic mass is 9.90. The van der Waals surface area contributed by atoms with E-state index in [0.717, 1.165) is 11.3 Å². The van der Waals surface area contributed by atoms with Gasteiger partial charge in [0.1, 0.15) is 0 Å². The first-order valence-electron chi connectivity index (χ1n) is 9.32. The van der Waals surface area contributed by atoms with E-state index in [1.165, 1.54) is 12.3 Å². The summed E-state index contributed by atoms with van der Waals surface area (Å²) in [6, 6.07) is 10.8. The van der Waals surface area contributed by atoms with Crippen LogP contribution in [0.1, 0.15) is 23.5 Å². The number of nitrogens with zero attached hydrogens (tertiary/aromatic N) is 2. The van der Waals surface area contributed by atoms with E-state index in [9.17, 15) is 18.0 Å². The number of aliphatic imine (C=N–C) groups is 1. The molecule has 1 atom stereocenters. The lowest BCUT2D eigenvalue weighted by Gasteiger charge is -2.26. The van der Waals surface area contributed by atoms with Crippen molar-refractivity contribution in [2.24, 2.45) is 4.99 Å². The summed E-state index contributed by atoms with van der Waals surface area (Å²) in [5.74, 6) is 0.371. The van der Waals surface area contributed by atoms with Gasteiger partial charge in [-0.1, -0.05) is 18.2 Å². The van der Waals surface area contributed by atoms with Crippen LogP contribution in [0.25, 0.3) is 0 Å². The molecule has 0 fully saturated rings. The first-order valence-corrected chi connectivity index (χ1v) is 9.32. The van der Waals surface area contributed by atoms with Gasteiger partial charge in [0.25, 0.3) is 0 Å². The normalized spacial score (nSPS) is 15.9. The molecule has 2 aromatic rings. The van der Waals surface area contributed by atoms with Gasteiger partial charge in [0.15, 0.2) is 12.6 Å². The van der Waals surface area contributed by atoms with E-state index in [0.29, 0.717) is 31.0 Å². The van der Waals surface area contributed by atoms with Crippen LogP contribution in [0.5, 0.6) is 5.88 Å². The van der Waals surface area contributed by atoms with Crippen LogP contribution in [0.4, 0.5) is 18.9 Å². The molecule has 0 radical (unpaired) electrons. The van der Waals surface area contributed by atoms with Gasteiger partial charge in [-0.05, 0) is 23.3 Å². The highest BCUT2D eigenvalue weighted by Gasteiger charge is 2.28. The van der Waals surface area contributed by atoms with Crippen LogP contribution >= 0.6 is 24.0 Å². The maximum atomic E-state index is 12.3. The summed E-state index contributed by atoms with van der Waals surface area (Å²) < 4.78 is 41.5. The molecule has 3 N–H and O–H groups in total. The zero-order valence-corrected chi connectivity index (χ0v) is 19.0. The lowest BCUT2D eigenvalue weighted by molar-refractivity contribution is -0.154. The first kappa shape index (κ1) is 24.7. The third kappa shape index (κ3) is 7.56. The molecule has 3 rings (SSSR count). The average molecular weight is 549 g/mol. The van der Waals surface area contributed by atoms with Crippen molar-refractivity contribution in [3.63, 3.8) is 0 Å². The van der Waals surface area contributed by atoms with Gasteiger partial charge >= 0.3 is 6.18 Å². The zero-order valence-electron chi connectivity index (χ0n) is 16.7. The molecule has 1 aromatic heterocycles. The molecular formula is C20H23F3IN5O2. The Morgan fingerprint density at radius 3 is 2.81 bits per heavy atom. The van der Waals surface area contributed by atoms with Gasteiger partial charge in [-0.15, -0.1) is 24.0 Å². The molecule has 1 aromatic carbocycles. The molecule has 0 saturated carbocycles. The predicted molar refractivity (Wildman–Crippen MR) is 122 cm³/mol. The van der Waals surface area contributed by atoms with E-state index in [4.69, 9.17) is 0 Å². The average Bonchev–Trinajstić information content (AvgIpc) is 2.72. The molecule has 7 nitrogen and oxygen atoms in total. The molecule has 0 saturated heterocycles. The fraction of sp³-hybridized carbons (Fsp3) is 0.350. The molecule has 1 amide bonds. The minimum atomic E-state index is -4.42. The number of aromatic nitrogens is 1. The number of anilines is 1. The third-order valence-corrected chi connectivity index (χ3v) is 4.49. The highest BCUT2D eigenvalue weighted by Crippen LogP contribution is 2.31. The van der Waals surface area contributed by atoms with Gasteiger partial charge in [-0.3, -0.25) is 9.79 Å². The van der Waals surface area contributed by atoms with E-state index in [-0.39, 0.29) is 41.7 Å². The summed E-state index contributed by atoms with van der Waals surface area (Å²) in [5.41, 5.74) is 2.56. The van der Waals surface area contributed by atoms with Crippen LogP contribution in [0.2, 0.25) is 0 Å². The van der Waals surface area contributed by atoms with Crippen molar-refractivity contribution in [3.05, 3.63) is 53.7 Å². The Bertz CT molecular complexity index is 924. The summed E-state index contributed by atoms with van der Waals surface area (Å²) in [7, 11) is 1.61. The number of carbonyl (C=O) groups is 1. The molecule has 0 aliphatic carbocycles. The summed E-state index contributed by atoms with van der Waals surface area (Å²) >= 11 is 0. The van der Waals surface area contributed by atoms with Crippen molar-refractivity contribution in [1.29, 1.82) is 0 Å². The molecular weight excluding hydrogens is 526 g/mol. The maximum Gasteiger partial charge on any atom is 0.422 e. The summed E-state index contributed by atoms with van der Waals surface area (Å²) in [6.07, 6.45) is -2.67. The van der Waals surface area contributed by atoms with Crippen molar-refractivity contribution >= 4 is 41.5 Å². The van der Waals surface area contributed by atoms with E-state index in [1.807, 2.05) is 24.3 Å². The number of pyridine rings is 1. The van der Waals surface area contributed by atoms with E-state index in [2.05, 4.69) is 30.7 Å². The number of nitrogens with one attached hydrogen (secondary N) is 3. The van der Waals surface area contributed by atoms with Gasteiger partial charge in [0.05, 0.1) is 0 Å². The highest BCUT2D eigenvalue weighted by atomic mass is 127. The fourth-order valence-corrected chi connectivity index (χ4v) is 3.11. The van der Waals surface area contributed by atoms with Gasteiger partial charge in [0.2, 0.25) is 11.8 Å². The highest BCUT2D eigenvalue weighted by molar-refractivity contribution is 14.0. The van der Waals surface area contributed by atoms with Crippen molar-refractivity contribution < 1.29 is 22.7 Å². The number of carbonyl (C=O) groups excluding carboxylic acids is 1. The number of para-hydroxylation sites is 1. The molecule has 2 heterocycles. The number of ether oxygens (including phenoxy) is 1. The van der Waals surface area contributed by atoms with Crippen LogP contribution in [0.3, 0.4) is 0 Å². The molecule has 1 aliphatic rings. The van der Waals surface area contributed by atoms with Gasteiger partial charge in [0, 0.05) is 50.4 Å². The first-order chi connectivity index (χ1) is 14.3. The van der Waals surface area contributed by atoms with Crippen molar-refractivity contribution in [2.75, 3.05) is 25.5 Å². The monoisotopic (exact) mass is 549 g/mol. The predicted octanol–water partition coefficient (Wildman–Crippen LogP) is 3.43. The summed E-state index contributed by atoms with van der Waals surface area (Å²) in [6.45, 7) is -0.580. The van der Waals surface area contributed by atoms with Crippen LogP contribution < -0.4 is 20.7 Å². The molecule has 31 heavy (non-hydrogen) atoms. The van der Waals surface area contributed by atoms with Crippen LogP contribution in [0.15, 0.2) is 47.6 Å². The van der Waals surface area contributed by atoms with Crippen molar-refractivity contribution in [3.8, 4) is 5.88 Å². The number of hydrogen-bond acceptors (Lipinski definition) is 4.